The van der Waals surface area contributed by atoms with Crippen LogP contribution in [0.1, 0.15) is 70.1 Å². The molecule has 2 aliphatic rings. The molecule has 1 fully saturated rings. The SMILES string of the molecule is CCN(Cc1ccccc1)C(=O)C1CC(C(=O)NCC2(CCCCOC)c3ccccc3Oc3ccccc32)CN(C(=O)OC(C)(C)C)C1. The van der Waals surface area contributed by atoms with Gasteiger partial charge in [-0.3, -0.25) is 9.59 Å². The van der Waals surface area contributed by atoms with Gasteiger partial charge in [0, 0.05) is 63.0 Å². The highest BCUT2D eigenvalue weighted by molar-refractivity contribution is 5.84. The molecular formula is C40H51N3O6. The van der Waals surface area contributed by atoms with Crippen LogP contribution in [0.15, 0.2) is 78.9 Å². The molecule has 2 atom stereocenters. The van der Waals surface area contributed by atoms with Crippen molar-refractivity contribution in [1.82, 2.24) is 15.1 Å². The molecule has 2 heterocycles. The summed E-state index contributed by atoms with van der Waals surface area (Å²) in [5, 5.41) is 3.31. The zero-order valence-electron chi connectivity index (χ0n) is 29.6. The molecule has 49 heavy (non-hydrogen) atoms. The van der Waals surface area contributed by atoms with E-state index in [0.29, 0.717) is 32.7 Å². The Hall–Kier alpha value is -4.37. The minimum atomic E-state index is -0.715. The van der Waals surface area contributed by atoms with Crippen LogP contribution >= 0.6 is 0 Å². The second-order valence-electron chi connectivity index (χ2n) is 14.2. The van der Waals surface area contributed by atoms with Crippen LogP contribution < -0.4 is 10.1 Å². The number of fused-ring (bicyclic) bond motifs is 2. The van der Waals surface area contributed by atoms with E-state index < -0.39 is 28.9 Å². The van der Waals surface area contributed by atoms with Crippen molar-refractivity contribution in [3.63, 3.8) is 0 Å². The molecule has 0 spiro atoms. The average molecular weight is 670 g/mol. The van der Waals surface area contributed by atoms with Crippen LogP contribution in [-0.4, -0.2) is 73.2 Å². The summed E-state index contributed by atoms with van der Waals surface area (Å²) >= 11 is 0. The van der Waals surface area contributed by atoms with Crippen molar-refractivity contribution in [2.24, 2.45) is 11.8 Å². The van der Waals surface area contributed by atoms with Crippen LogP contribution in [0.3, 0.4) is 0 Å². The van der Waals surface area contributed by atoms with E-state index in [2.05, 4.69) is 17.4 Å². The molecule has 2 aliphatic heterocycles. The number of carbonyl (C=O) groups is 3. The lowest BCUT2D eigenvalue weighted by molar-refractivity contribution is -0.140. The van der Waals surface area contributed by atoms with Crippen LogP contribution in [-0.2, 0) is 31.0 Å². The summed E-state index contributed by atoms with van der Waals surface area (Å²) in [6.07, 6.45) is 2.36. The van der Waals surface area contributed by atoms with Gasteiger partial charge in [0.25, 0.3) is 0 Å². The summed E-state index contributed by atoms with van der Waals surface area (Å²) in [7, 11) is 1.71. The predicted molar refractivity (Wildman–Crippen MR) is 189 cm³/mol. The maximum atomic E-state index is 14.3. The zero-order valence-corrected chi connectivity index (χ0v) is 29.6. The number of nitrogens with one attached hydrogen (secondary N) is 1. The lowest BCUT2D eigenvalue weighted by Crippen LogP contribution is -2.54. The topological polar surface area (TPSA) is 97.4 Å². The molecule has 2 unspecified atom stereocenters. The number of ether oxygens (including phenoxy) is 3. The number of nitrogens with zero attached hydrogens (tertiary/aromatic N) is 2. The maximum Gasteiger partial charge on any atom is 0.410 e. The van der Waals surface area contributed by atoms with E-state index in [9.17, 15) is 14.4 Å². The van der Waals surface area contributed by atoms with Crippen LogP contribution in [0, 0.1) is 11.8 Å². The van der Waals surface area contributed by atoms with Crippen molar-refractivity contribution in [3.05, 3.63) is 95.6 Å². The third-order valence-corrected chi connectivity index (χ3v) is 9.52. The zero-order chi connectivity index (χ0) is 35.0. The second kappa shape index (κ2) is 15.9. The Morgan fingerprint density at radius 1 is 0.898 bits per heavy atom. The van der Waals surface area contributed by atoms with Crippen molar-refractivity contribution in [3.8, 4) is 11.5 Å². The fourth-order valence-corrected chi connectivity index (χ4v) is 7.12. The van der Waals surface area contributed by atoms with Crippen molar-refractivity contribution in [2.75, 3.05) is 39.9 Å². The number of likely N-dealkylation sites (tertiary alicyclic amines) is 1. The molecule has 0 aromatic heterocycles. The average Bonchev–Trinajstić information content (AvgIpc) is 3.10. The van der Waals surface area contributed by atoms with E-state index in [1.54, 1.807) is 12.0 Å². The Labute approximate surface area is 290 Å². The Kier molecular flexibility index (Phi) is 11.7. The number of benzene rings is 3. The first-order valence-corrected chi connectivity index (χ1v) is 17.5. The fraction of sp³-hybridized carbons (Fsp3) is 0.475. The van der Waals surface area contributed by atoms with Gasteiger partial charge in [-0.2, -0.15) is 0 Å². The number of rotatable bonds is 12. The van der Waals surface area contributed by atoms with Gasteiger partial charge in [0.2, 0.25) is 11.8 Å². The number of piperidine rings is 1. The minimum absolute atomic E-state index is 0.0701. The molecule has 3 amide bonds. The first kappa shape index (κ1) is 35.9. The van der Waals surface area contributed by atoms with E-state index in [1.807, 2.05) is 94.4 Å². The summed E-state index contributed by atoms with van der Waals surface area (Å²) < 4.78 is 17.4. The number of amides is 3. The van der Waals surface area contributed by atoms with Gasteiger partial charge in [0.1, 0.15) is 17.1 Å². The predicted octanol–water partition coefficient (Wildman–Crippen LogP) is 6.93. The van der Waals surface area contributed by atoms with Gasteiger partial charge in [0.05, 0.1) is 11.8 Å². The number of para-hydroxylation sites is 2. The summed E-state index contributed by atoms with van der Waals surface area (Å²) in [5.41, 5.74) is 1.82. The van der Waals surface area contributed by atoms with Crippen molar-refractivity contribution in [2.45, 2.75) is 70.9 Å². The first-order chi connectivity index (χ1) is 23.5. The lowest BCUT2D eigenvalue weighted by Gasteiger charge is -2.42. The van der Waals surface area contributed by atoms with Crippen molar-refractivity contribution in [1.29, 1.82) is 0 Å². The molecule has 1 saturated heterocycles. The minimum Gasteiger partial charge on any atom is -0.457 e. The molecule has 262 valence electrons. The van der Waals surface area contributed by atoms with Crippen LogP contribution in [0.5, 0.6) is 11.5 Å². The molecule has 9 heteroatoms. The Morgan fingerprint density at radius 2 is 1.51 bits per heavy atom. The summed E-state index contributed by atoms with van der Waals surface area (Å²) in [4.78, 5) is 45.1. The van der Waals surface area contributed by atoms with Crippen molar-refractivity contribution >= 4 is 17.9 Å². The number of unbranched alkanes of at least 4 members (excludes halogenated alkanes) is 1. The standard InChI is InChI=1S/C40H51N3O6/c1-6-42(25-29-16-8-7-9-17-29)37(45)31-24-30(26-43(27-31)38(46)49-39(2,3)4)36(44)41-28-40(22-14-15-23-47-5)32-18-10-12-20-34(32)48-35-21-13-11-19-33(35)40/h7-13,16-21,30-31H,6,14-15,22-28H2,1-5H3,(H,41,44). The molecule has 3 aromatic rings. The van der Waals surface area contributed by atoms with E-state index >= 15 is 0 Å². The van der Waals surface area contributed by atoms with Gasteiger partial charge in [-0.15, -0.1) is 0 Å². The molecule has 5 rings (SSSR count). The highest BCUT2D eigenvalue weighted by atomic mass is 16.6. The normalized spacial score (nSPS) is 18.0. The molecular weight excluding hydrogens is 618 g/mol. The molecule has 0 radical (unpaired) electrons. The Bertz CT molecular complexity index is 1540. The Morgan fingerprint density at radius 3 is 2.12 bits per heavy atom. The smallest absolute Gasteiger partial charge is 0.410 e. The maximum absolute atomic E-state index is 14.3. The quantitative estimate of drug-likeness (QED) is 0.210. The van der Waals surface area contributed by atoms with Gasteiger partial charge >= 0.3 is 6.09 Å². The fourth-order valence-electron chi connectivity index (χ4n) is 7.12. The second-order valence-corrected chi connectivity index (χ2v) is 14.2. The van der Waals surface area contributed by atoms with Gasteiger partial charge in [-0.05, 0) is 71.1 Å². The monoisotopic (exact) mass is 669 g/mol. The number of hydrogen-bond donors (Lipinski definition) is 1. The van der Waals surface area contributed by atoms with E-state index in [4.69, 9.17) is 14.2 Å². The molecule has 0 aliphatic carbocycles. The van der Waals surface area contributed by atoms with Crippen LogP contribution in [0.4, 0.5) is 4.79 Å². The summed E-state index contributed by atoms with van der Waals surface area (Å²) in [5.74, 6) is 0.156. The number of methoxy groups -OCH3 is 1. The van der Waals surface area contributed by atoms with Gasteiger partial charge < -0.3 is 29.3 Å². The molecule has 0 saturated carbocycles. The Balaban J connectivity index is 1.41. The lowest BCUT2D eigenvalue weighted by atomic mass is 9.69. The van der Waals surface area contributed by atoms with Crippen LogP contribution in [0.25, 0.3) is 0 Å². The summed E-state index contributed by atoms with van der Waals surface area (Å²) in [6, 6.07) is 25.9. The summed E-state index contributed by atoms with van der Waals surface area (Å²) in [6.45, 7) is 9.74. The molecule has 0 bridgehead atoms. The number of hydrogen-bond acceptors (Lipinski definition) is 6. The van der Waals surface area contributed by atoms with Gasteiger partial charge in [-0.1, -0.05) is 66.7 Å². The van der Waals surface area contributed by atoms with Gasteiger partial charge in [0.15, 0.2) is 0 Å². The van der Waals surface area contributed by atoms with Crippen LogP contribution in [0.2, 0.25) is 0 Å². The van der Waals surface area contributed by atoms with Gasteiger partial charge in [-0.25, -0.2) is 4.79 Å². The van der Waals surface area contributed by atoms with E-state index in [-0.39, 0.29) is 24.9 Å². The highest BCUT2D eigenvalue weighted by Gasteiger charge is 2.44. The number of carbonyl (C=O) groups excluding carboxylic acids is 3. The third-order valence-electron chi connectivity index (χ3n) is 9.52. The first-order valence-electron chi connectivity index (χ1n) is 17.5. The molecule has 1 N–H and O–H groups in total. The third kappa shape index (κ3) is 8.63. The van der Waals surface area contributed by atoms with Crippen molar-refractivity contribution < 1.29 is 28.6 Å². The van der Waals surface area contributed by atoms with E-state index in [1.165, 1.54) is 4.90 Å². The molecule has 3 aromatic carbocycles. The molecule has 9 nitrogen and oxygen atoms in total. The van der Waals surface area contributed by atoms with E-state index in [0.717, 1.165) is 47.5 Å². The largest absolute Gasteiger partial charge is 0.457 e. The highest BCUT2D eigenvalue weighted by Crippen LogP contribution is 2.50.